The molecule has 0 bridgehead atoms. The lowest BCUT2D eigenvalue weighted by Crippen LogP contribution is -2.40. The van der Waals surface area contributed by atoms with Crippen molar-refractivity contribution < 1.29 is 14.1 Å². The Morgan fingerprint density at radius 2 is 1.96 bits per heavy atom. The molecular weight excluding hydrogens is 306 g/mol. The second-order valence-electron chi connectivity index (χ2n) is 7.48. The van der Waals surface area contributed by atoms with Gasteiger partial charge in [0.2, 0.25) is 11.8 Å². The first kappa shape index (κ1) is 20.2. The van der Waals surface area contributed by atoms with Crippen LogP contribution in [0.2, 0.25) is 0 Å². The number of hydrogen-bond donors (Lipinski definition) is 1. The molecule has 1 N–H and O–H groups in total. The van der Waals surface area contributed by atoms with E-state index >= 15 is 0 Å². The Morgan fingerprint density at radius 3 is 2.50 bits per heavy atom. The summed E-state index contributed by atoms with van der Waals surface area (Å²) < 4.78 is 4.93. The highest BCUT2D eigenvalue weighted by molar-refractivity contribution is 5.93. The second kappa shape index (κ2) is 9.45. The lowest BCUT2D eigenvalue weighted by molar-refractivity contribution is -0.136. The smallest absolute Gasteiger partial charge is 0.245 e. The highest BCUT2D eigenvalue weighted by atomic mass is 16.5. The second-order valence-corrected chi connectivity index (χ2v) is 7.48. The van der Waals surface area contributed by atoms with Gasteiger partial charge in [-0.05, 0) is 18.8 Å². The van der Waals surface area contributed by atoms with Crippen LogP contribution < -0.4 is 5.32 Å². The molecule has 6 heteroatoms. The van der Waals surface area contributed by atoms with Crippen LogP contribution in [0.25, 0.3) is 0 Å². The van der Waals surface area contributed by atoms with Crippen molar-refractivity contribution in [3.8, 4) is 0 Å². The van der Waals surface area contributed by atoms with Crippen LogP contribution in [0, 0.1) is 12.3 Å². The first-order valence-corrected chi connectivity index (χ1v) is 8.72. The number of rotatable bonds is 9. The van der Waals surface area contributed by atoms with Crippen LogP contribution in [-0.2, 0) is 9.59 Å². The van der Waals surface area contributed by atoms with E-state index in [0.717, 1.165) is 25.7 Å². The molecule has 6 nitrogen and oxygen atoms in total. The van der Waals surface area contributed by atoms with E-state index in [9.17, 15) is 9.59 Å². The van der Waals surface area contributed by atoms with Gasteiger partial charge in [-0.15, -0.1) is 0 Å². The molecule has 2 amide bonds. The molecule has 0 saturated carbocycles. The van der Waals surface area contributed by atoms with E-state index < -0.39 is 0 Å². The Morgan fingerprint density at radius 1 is 1.25 bits per heavy atom. The Hall–Kier alpha value is -1.85. The molecule has 0 spiro atoms. The maximum atomic E-state index is 12.5. The van der Waals surface area contributed by atoms with Crippen LogP contribution in [-0.4, -0.2) is 35.0 Å². The molecule has 1 aromatic heterocycles. The summed E-state index contributed by atoms with van der Waals surface area (Å²) >= 11 is 0. The third-order valence-corrected chi connectivity index (χ3v) is 3.55. The average molecular weight is 337 g/mol. The van der Waals surface area contributed by atoms with E-state index in [0.29, 0.717) is 24.5 Å². The number of aryl methyl sites for hydroxylation is 1. The molecule has 0 saturated heterocycles. The van der Waals surface area contributed by atoms with Crippen molar-refractivity contribution >= 4 is 17.6 Å². The normalized spacial score (nSPS) is 11.4. The number of anilines is 1. The zero-order valence-electron chi connectivity index (χ0n) is 15.6. The molecule has 1 rings (SSSR count). The van der Waals surface area contributed by atoms with E-state index in [4.69, 9.17) is 4.52 Å². The molecule has 0 unspecified atom stereocenters. The quantitative estimate of drug-likeness (QED) is 0.696. The summed E-state index contributed by atoms with van der Waals surface area (Å²) in [7, 11) is 0. The largest absolute Gasteiger partial charge is 0.360 e. The first-order valence-electron chi connectivity index (χ1n) is 8.72. The standard InChI is InChI=1S/C18H31N3O3/c1-6-7-8-9-10-21(17(23)12-18(3,4)5)13-16(22)19-15-11-14(2)24-20-15/h11H,6-10,12-13H2,1-5H3,(H,19,20,22). The number of nitrogens with one attached hydrogen (secondary N) is 1. The Bertz CT molecular complexity index is 532. The van der Waals surface area contributed by atoms with Crippen molar-refractivity contribution in [3.05, 3.63) is 11.8 Å². The van der Waals surface area contributed by atoms with Gasteiger partial charge in [0.25, 0.3) is 0 Å². The summed E-state index contributed by atoms with van der Waals surface area (Å²) in [5, 5.41) is 6.42. The van der Waals surface area contributed by atoms with Gasteiger partial charge in [0.15, 0.2) is 5.82 Å². The fraction of sp³-hybridized carbons (Fsp3) is 0.722. The van der Waals surface area contributed by atoms with E-state index in [1.54, 1.807) is 17.9 Å². The van der Waals surface area contributed by atoms with Gasteiger partial charge in [-0.3, -0.25) is 9.59 Å². The van der Waals surface area contributed by atoms with Gasteiger partial charge < -0.3 is 14.7 Å². The molecule has 24 heavy (non-hydrogen) atoms. The van der Waals surface area contributed by atoms with Crippen LogP contribution >= 0.6 is 0 Å². The summed E-state index contributed by atoms with van der Waals surface area (Å²) in [4.78, 5) is 26.4. The minimum atomic E-state index is -0.249. The summed E-state index contributed by atoms with van der Waals surface area (Å²) in [5.41, 5.74) is -0.0988. The molecular formula is C18H31N3O3. The van der Waals surface area contributed by atoms with Gasteiger partial charge in [0.1, 0.15) is 5.76 Å². The van der Waals surface area contributed by atoms with Crippen molar-refractivity contribution in [2.75, 3.05) is 18.4 Å². The fourth-order valence-corrected chi connectivity index (χ4v) is 2.37. The molecule has 1 aromatic rings. The van der Waals surface area contributed by atoms with Gasteiger partial charge in [0, 0.05) is 19.0 Å². The minimum Gasteiger partial charge on any atom is -0.360 e. The highest BCUT2D eigenvalue weighted by Gasteiger charge is 2.23. The molecule has 0 radical (unpaired) electrons. The van der Waals surface area contributed by atoms with Crippen molar-refractivity contribution in [1.82, 2.24) is 10.1 Å². The average Bonchev–Trinajstić information content (AvgIpc) is 2.85. The SMILES string of the molecule is CCCCCCN(CC(=O)Nc1cc(C)on1)C(=O)CC(C)(C)C. The van der Waals surface area contributed by atoms with E-state index in [1.807, 2.05) is 20.8 Å². The first-order chi connectivity index (χ1) is 11.2. The Kier molecular flexibility index (Phi) is 7.95. The summed E-state index contributed by atoms with van der Waals surface area (Å²) in [6.45, 7) is 10.6. The summed E-state index contributed by atoms with van der Waals surface area (Å²) in [6.07, 6.45) is 4.70. The van der Waals surface area contributed by atoms with Gasteiger partial charge in [-0.25, -0.2) is 0 Å². The van der Waals surface area contributed by atoms with Crippen molar-refractivity contribution in [3.63, 3.8) is 0 Å². The highest BCUT2D eigenvalue weighted by Crippen LogP contribution is 2.20. The predicted molar refractivity (Wildman–Crippen MR) is 94.7 cm³/mol. The van der Waals surface area contributed by atoms with Crippen LogP contribution in [0.4, 0.5) is 5.82 Å². The van der Waals surface area contributed by atoms with Crippen molar-refractivity contribution in [2.24, 2.45) is 5.41 Å². The summed E-state index contributed by atoms with van der Waals surface area (Å²) in [6, 6.07) is 1.65. The third-order valence-electron chi connectivity index (χ3n) is 3.55. The van der Waals surface area contributed by atoms with E-state index in [2.05, 4.69) is 17.4 Å². The fourth-order valence-electron chi connectivity index (χ4n) is 2.37. The molecule has 0 aromatic carbocycles. The molecule has 0 fully saturated rings. The van der Waals surface area contributed by atoms with Crippen LogP contribution in [0.15, 0.2) is 10.6 Å². The van der Waals surface area contributed by atoms with E-state index in [1.165, 1.54) is 0 Å². The number of hydrogen-bond acceptors (Lipinski definition) is 4. The number of nitrogens with zero attached hydrogens (tertiary/aromatic N) is 2. The number of aromatic nitrogens is 1. The van der Waals surface area contributed by atoms with Gasteiger partial charge >= 0.3 is 0 Å². The maximum absolute atomic E-state index is 12.5. The monoisotopic (exact) mass is 337 g/mol. The Labute approximate surface area is 145 Å². The topological polar surface area (TPSA) is 75.4 Å². The van der Waals surface area contributed by atoms with Crippen LogP contribution in [0.5, 0.6) is 0 Å². The molecule has 1 heterocycles. The number of unbranched alkanes of at least 4 members (excludes halogenated alkanes) is 3. The molecule has 0 aliphatic carbocycles. The third kappa shape index (κ3) is 8.13. The predicted octanol–water partition coefficient (Wildman–Crippen LogP) is 3.77. The molecule has 0 aliphatic heterocycles. The zero-order valence-corrected chi connectivity index (χ0v) is 15.6. The Balaban J connectivity index is 2.61. The van der Waals surface area contributed by atoms with E-state index in [-0.39, 0.29) is 23.8 Å². The number of amides is 2. The minimum absolute atomic E-state index is 0.0190. The maximum Gasteiger partial charge on any atom is 0.245 e. The van der Waals surface area contributed by atoms with Crippen LogP contribution in [0.3, 0.4) is 0 Å². The molecule has 136 valence electrons. The number of carbonyl (C=O) groups is 2. The summed E-state index contributed by atoms with van der Waals surface area (Å²) in [5.74, 6) is 0.781. The van der Waals surface area contributed by atoms with Gasteiger partial charge in [0.05, 0.1) is 6.54 Å². The lowest BCUT2D eigenvalue weighted by atomic mass is 9.91. The zero-order chi connectivity index (χ0) is 18.2. The molecule has 0 aliphatic rings. The molecule has 0 atom stereocenters. The number of carbonyl (C=O) groups excluding carboxylic acids is 2. The van der Waals surface area contributed by atoms with Gasteiger partial charge in [-0.1, -0.05) is 52.1 Å². The van der Waals surface area contributed by atoms with Crippen LogP contribution in [0.1, 0.15) is 65.6 Å². The van der Waals surface area contributed by atoms with Crippen molar-refractivity contribution in [2.45, 2.75) is 66.7 Å². The lowest BCUT2D eigenvalue weighted by Gasteiger charge is -2.26. The van der Waals surface area contributed by atoms with Gasteiger partial charge in [-0.2, -0.15) is 0 Å². The van der Waals surface area contributed by atoms with Crippen molar-refractivity contribution in [1.29, 1.82) is 0 Å².